The van der Waals surface area contributed by atoms with Crippen LogP contribution in [0, 0.1) is 0 Å². The Bertz CT molecular complexity index is 557. The molecule has 3 N–H and O–H groups in total. The molecule has 1 fully saturated rings. The van der Waals surface area contributed by atoms with Gasteiger partial charge in [-0.2, -0.15) is 0 Å². The van der Waals surface area contributed by atoms with Crippen molar-refractivity contribution in [3.05, 3.63) is 36.0 Å². The molecule has 0 bridgehead atoms. The molecule has 0 saturated heterocycles. The predicted octanol–water partition coefficient (Wildman–Crippen LogP) is 2.05. The van der Waals surface area contributed by atoms with Crippen molar-refractivity contribution in [3.63, 3.8) is 0 Å². The highest BCUT2D eigenvalue weighted by atomic mass is 16.4. The van der Waals surface area contributed by atoms with Crippen LogP contribution >= 0.6 is 0 Å². The third-order valence-electron chi connectivity index (χ3n) is 3.16. The highest BCUT2D eigenvalue weighted by Crippen LogP contribution is 2.28. The van der Waals surface area contributed by atoms with Crippen molar-refractivity contribution in [2.45, 2.75) is 24.9 Å². The molecular weight excluding hydrogens is 216 g/mol. The number of aromatic nitrogens is 1. The molecular formula is C13H14N2O2. The largest absolute Gasteiger partial charge is 0.480 e. The van der Waals surface area contributed by atoms with Crippen LogP contribution in [0.3, 0.4) is 0 Å². The minimum absolute atomic E-state index is 0.366. The Kier molecular flexibility index (Phi) is 2.37. The number of nitrogens with one attached hydrogen (secondary N) is 2. The van der Waals surface area contributed by atoms with E-state index in [2.05, 4.69) is 10.3 Å². The van der Waals surface area contributed by atoms with Gasteiger partial charge in [-0.15, -0.1) is 0 Å². The molecule has 0 amide bonds. The van der Waals surface area contributed by atoms with Gasteiger partial charge in [0.2, 0.25) is 0 Å². The van der Waals surface area contributed by atoms with Gasteiger partial charge < -0.3 is 10.1 Å². The summed E-state index contributed by atoms with van der Waals surface area (Å²) in [6.45, 7) is 0. The lowest BCUT2D eigenvalue weighted by Gasteiger charge is -2.13. The van der Waals surface area contributed by atoms with Crippen LogP contribution < -0.4 is 5.32 Å². The first-order valence-corrected chi connectivity index (χ1v) is 5.80. The Balaban J connectivity index is 2.01. The first-order valence-electron chi connectivity index (χ1n) is 5.80. The molecule has 17 heavy (non-hydrogen) atoms. The maximum atomic E-state index is 11.3. The average molecular weight is 230 g/mol. The number of hydrogen-bond acceptors (Lipinski definition) is 2. The number of carbonyl (C=O) groups is 1. The normalized spacial score (nSPS) is 17.2. The summed E-state index contributed by atoms with van der Waals surface area (Å²) in [6, 6.07) is 7.52. The summed E-state index contributed by atoms with van der Waals surface area (Å²) < 4.78 is 0. The van der Waals surface area contributed by atoms with E-state index in [1.54, 1.807) is 6.20 Å². The molecule has 4 nitrogen and oxygen atoms in total. The Hall–Kier alpha value is -1.81. The van der Waals surface area contributed by atoms with E-state index in [0.29, 0.717) is 6.04 Å². The molecule has 1 heterocycles. The van der Waals surface area contributed by atoms with Crippen LogP contribution in [-0.4, -0.2) is 22.1 Å². The van der Waals surface area contributed by atoms with Gasteiger partial charge in [0.15, 0.2) is 0 Å². The first-order chi connectivity index (χ1) is 8.25. The molecule has 1 saturated carbocycles. The minimum Gasteiger partial charge on any atom is -0.480 e. The summed E-state index contributed by atoms with van der Waals surface area (Å²) in [6.07, 6.45) is 3.94. The summed E-state index contributed by atoms with van der Waals surface area (Å²) in [5.41, 5.74) is 1.80. The fraction of sp³-hybridized carbons (Fsp3) is 0.308. The second-order valence-corrected chi connectivity index (χ2v) is 4.50. The number of carboxylic acids is 1. The van der Waals surface area contributed by atoms with E-state index in [4.69, 9.17) is 0 Å². The SMILES string of the molecule is O=C(O)[C@@H](NC1CC1)c1c[nH]c2ccccc12. The van der Waals surface area contributed by atoms with E-state index in [0.717, 1.165) is 29.3 Å². The van der Waals surface area contributed by atoms with Crippen molar-refractivity contribution in [2.24, 2.45) is 0 Å². The van der Waals surface area contributed by atoms with Crippen LogP contribution in [0.2, 0.25) is 0 Å². The molecule has 0 unspecified atom stereocenters. The van der Waals surface area contributed by atoms with Gasteiger partial charge >= 0.3 is 5.97 Å². The fourth-order valence-electron chi connectivity index (χ4n) is 2.11. The van der Waals surface area contributed by atoms with Crippen molar-refractivity contribution in [1.29, 1.82) is 0 Å². The molecule has 1 aliphatic carbocycles. The van der Waals surface area contributed by atoms with Crippen LogP contribution in [0.25, 0.3) is 10.9 Å². The predicted molar refractivity (Wildman–Crippen MR) is 64.8 cm³/mol. The summed E-state index contributed by atoms with van der Waals surface area (Å²) in [5, 5.41) is 13.4. The summed E-state index contributed by atoms with van der Waals surface area (Å²) in [7, 11) is 0. The number of hydrogen-bond donors (Lipinski definition) is 3. The second kappa shape index (κ2) is 3.89. The molecule has 1 aromatic carbocycles. The number of para-hydroxylation sites is 1. The van der Waals surface area contributed by atoms with Crippen molar-refractivity contribution >= 4 is 16.9 Å². The zero-order valence-electron chi connectivity index (χ0n) is 9.31. The van der Waals surface area contributed by atoms with Crippen LogP contribution in [0.5, 0.6) is 0 Å². The summed E-state index contributed by atoms with van der Waals surface area (Å²) in [5.74, 6) is -0.818. The lowest BCUT2D eigenvalue weighted by atomic mass is 10.1. The molecule has 1 aromatic heterocycles. The van der Waals surface area contributed by atoms with Crippen LogP contribution in [0.4, 0.5) is 0 Å². The van der Waals surface area contributed by atoms with Gasteiger partial charge in [-0.1, -0.05) is 18.2 Å². The van der Waals surface area contributed by atoms with Gasteiger partial charge in [0, 0.05) is 28.7 Å². The van der Waals surface area contributed by atoms with Gasteiger partial charge in [0.1, 0.15) is 6.04 Å². The molecule has 4 heteroatoms. The highest BCUT2D eigenvalue weighted by molar-refractivity contribution is 5.89. The minimum atomic E-state index is -0.818. The first kappa shape index (κ1) is 10.4. The van der Waals surface area contributed by atoms with E-state index >= 15 is 0 Å². The highest BCUT2D eigenvalue weighted by Gasteiger charge is 2.30. The van der Waals surface area contributed by atoms with Crippen LogP contribution in [-0.2, 0) is 4.79 Å². The van der Waals surface area contributed by atoms with E-state index in [1.807, 2.05) is 24.3 Å². The third kappa shape index (κ3) is 1.91. The van der Waals surface area contributed by atoms with Crippen LogP contribution in [0.1, 0.15) is 24.4 Å². The number of rotatable bonds is 4. The number of aliphatic carboxylic acids is 1. The van der Waals surface area contributed by atoms with Gasteiger partial charge in [0.05, 0.1) is 0 Å². The number of benzene rings is 1. The third-order valence-corrected chi connectivity index (χ3v) is 3.16. The van der Waals surface area contributed by atoms with E-state index in [-0.39, 0.29) is 0 Å². The smallest absolute Gasteiger partial charge is 0.325 e. The van der Waals surface area contributed by atoms with Crippen molar-refractivity contribution in [1.82, 2.24) is 10.3 Å². The number of aromatic amines is 1. The maximum absolute atomic E-state index is 11.3. The Morgan fingerprint density at radius 2 is 2.18 bits per heavy atom. The van der Waals surface area contributed by atoms with Gasteiger partial charge in [-0.05, 0) is 18.9 Å². The second-order valence-electron chi connectivity index (χ2n) is 4.50. The van der Waals surface area contributed by atoms with Crippen molar-refractivity contribution in [2.75, 3.05) is 0 Å². The molecule has 2 aromatic rings. The molecule has 1 atom stereocenters. The lowest BCUT2D eigenvalue weighted by molar-refractivity contribution is -0.139. The standard InChI is InChI=1S/C13H14N2O2/c16-13(17)12(15-8-5-6-8)10-7-14-11-4-2-1-3-9(10)11/h1-4,7-8,12,14-15H,5-6H2,(H,16,17)/t12-/m0/s1. The maximum Gasteiger partial charge on any atom is 0.325 e. The number of H-pyrrole nitrogens is 1. The zero-order chi connectivity index (χ0) is 11.8. The molecule has 0 radical (unpaired) electrons. The fourth-order valence-corrected chi connectivity index (χ4v) is 2.11. The summed E-state index contributed by atoms with van der Waals surface area (Å²) >= 11 is 0. The van der Waals surface area contributed by atoms with Crippen molar-refractivity contribution < 1.29 is 9.90 Å². The quantitative estimate of drug-likeness (QED) is 0.753. The topological polar surface area (TPSA) is 65.1 Å². The van der Waals surface area contributed by atoms with Gasteiger partial charge in [-0.3, -0.25) is 10.1 Å². The zero-order valence-corrected chi connectivity index (χ0v) is 9.31. The van der Waals surface area contributed by atoms with Crippen LogP contribution in [0.15, 0.2) is 30.5 Å². The summed E-state index contributed by atoms with van der Waals surface area (Å²) in [4.78, 5) is 14.4. The average Bonchev–Trinajstić information content (AvgIpc) is 3.05. The van der Waals surface area contributed by atoms with Gasteiger partial charge in [0.25, 0.3) is 0 Å². The van der Waals surface area contributed by atoms with E-state index < -0.39 is 12.0 Å². The monoisotopic (exact) mass is 230 g/mol. The molecule has 3 rings (SSSR count). The lowest BCUT2D eigenvalue weighted by Crippen LogP contribution is -2.29. The van der Waals surface area contributed by atoms with Crippen molar-refractivity contribution in [3.8, 4) is 0 Å². The van der Waals surface area contributed by atoms with E-state index in [1.165, 1.54) is 0 Å². The number of fused-ring (bicyclic) bond motifs is 1. The van der Waals surface area contributed by atoms with Gasteiger partial charge in [-0.25, -0.2) is 0 Å². The Morgan fingerprint density at radius 3 is 2.88 bits per heavy atom. The van der Waals surface area contributed by atoms with E-state index in [9.17, 15) is 9.90 Å². The number of carboxylic acid groups (broad SMARTS) is 1. The Labute approximate surface area is 98.6 Å². The molecule has 88 valence electrons. The molecule has 0 spiro atoms. The Morgan fingerprint density at radius 1 is 1.41 bits per heavy atom. The molecule has 0 aliphatic heterocycles. The molecule has 1 aliphatic rings.